The Morgan fingerprint density at radius 2 is 1.68 bits per heavy atom. The summed E-state index contributed by atoms with van der Waals surface area (Å²) in [6.07, 6.45) is 0. The number of aliphatic carboxylic acids is 1. The summed E-state index contributed by atoms with van der Waals surface area (Å²) >= 11 is 11.6. The average Bonchev–Trinajstić information content (AvgIpc) is 2.33. The molecule has 7 nitrogen and oxygen atoms in total. The fourth-order valence-electron chi connectivity index (χ4n) is 1.51. The van der Waals surface area contributed by atoms with Crippen molar-refractivity contribution in [3.8, 4) is 0 Å². The van der Waals surface area contributed by atoms with E-state index in [1.54, 1.807) is 13.8 Å². The van der Waals surface area contributed by atoms with Gasteiger partial charge in [-0.15, -0.1) is 0 Å². The number of amides is 4. The van der Waals surface area contributed by atoms with E-state index in [2.05, 4.69) is 10.6 Å². The molecule has 0 aliphatic heterocycles. The molecule has 22 heavy (non-hydrogen) atoms. The van der Waals surface area contributed by atoms with Crippen LogP contribution in [0.5, 0.6) is 0 Å². The Labute approximate surface area is 137 Å². The van der Waals surface area contributed by atoms with Gasteiger partial charge in [0, 0.05) is 21.8 Å². The van der Waals surface area contributed by atoms with Gasteiger partial charge in [-0.1, -0.05) is 23.2 Å². The Bertz CT molecular complexity index is 572. The van der Waals surface area contributed by atoms with Crippen LogP contribution in [0.3, 0.4) is 0 Å². The molecule has 0 saturated heterocycles. The van der Waals surface area contributed by atoms with Gasteiger partial charge in [0.15, 0.2) is 0 Å². The van der Waals surface area contributed by atoms with Crippen molar-refractivity contribution in [3.05, 3.63) is 28.2 Å². The number of benzene rings is 1. The normalized spacial score (nSPS) is 10.2. The second-order valence-corrected chi connectivity index (χ2v) is 5.52. The van der Waals surface area contributed by atoms with E-state index in [1.807, 2.05) is 0 Å². The lowest BCUT2D eigenvalue weighted by Crippen LogP contribution is -2.52. The van der Waals surface area contributed by atoms with E-state index >= 15 is 0 Å². The molecule has 2 N–H and O–H groups in total. The lowest BCUT2D eigenvalue weighted by atomic mass is 10.3. The monoisotopic (exact) mass is 346 g/mol. The van der Waals surface area contributed by atoms with Crippen LogP contribution in [-0.2, 0) is 4.79 Å². The van der Waals surface area contributed by atoms with E-state index in [9.17, 15) is 19.5 Å². The first-order chi connectivity index (χ1) is 10.2. The lowest BCUT2D eigenvalue weighted by molar-refractivity contribution is -0.305. The number of imide groups is 1. The zero-order valence-corrected chi connectivity index (χ0v) is 13.4. The van der Waals surface area contributed by atoms with Crippen molar-refractivity contribution in [2.45, 2.75) is 19.9 Å². The quantitative estimate of drug-likeness (QED) is 0.865. The van der Waals surface area contributed by atoms with Crippen molar-refractivity contribution < 1.29 is 19.5 Å². The van der Waals surface area contributed by atoms with Crippen LogP contribution < -0.4 is 15.7 Å². The van der Waals surface area contributed by atoms with E-state index in [0.29, 0.717) is 4.90 Å². The summed E-state index contributed by atoms with van der Waals surface area (Å²) in [6, 6.07) is 2.20. The van der Waals surface area contributed by atoms with Crippen LogP contribution in [0.1, 0.15) is 13.8 Å². The van der Waals surface area contributed by atoms with Crippen LogP contribution in [0.25, 0.3) is 0 Å². The molecule has 0 unspecified atom stereocenters. The topological polar surface area (TPSA) is 102 Å². The van der Waals surface area contributed by atoms with Crippen LogP contribution in [0.15, 0.2) is 18.2 Å². The minimum Gasteiger partial charge on any atom is -0.548 e. The number of carbonyl (C=O) groups is 3. The Morgan fingerprint density at radius 3 is 2.14 bits per heavy atom. The largest absolute Gasteiger partial charge is 0.548 e. The molecule has 0 heterocycles. The number of carboxylic acid groups (broad SMARTS) is 1. The Morgan fingerprint density at radius 1 is 1.14 bits per heavy atom. The number of carbonyl (C=O) groups excluding carboxylic acids is 3. The zero-order chi connectivity index (χ0) is 16.9. The summed E-state index contributed by atoms with van der Waals surface area (Å²) in [6.45, 7) is 2.45. The number of hydrogen-bond acceptors (Lipinski definition) is 4. The summed E-state index contributed by atoms with van der Waals surface area (Å²) in [5.74, 6) is -1.57. The summed E-state index contributed by atoms with van der Waals surface area (Å²) in [5, 5.41) is 16.0. The maximum atomic E-state index is 12.1. The van der Waals surface area contributed by atoms with Crippen LogP contribution in [0.2, 0.25) is 10.0 Å². The molecule has 0 aliphatic carbocycles. The molecule has 1 rings (SSSR count). The third-order valence-corrected chi connectivity index (χ3v) is 2.74. The SMILES string of the molecule is CC(C)NC(=O)N(CC(=O)[O-])C(=O)Nc1cc(Cl)cc(Cl)c1. The second-order valence-electron chi connectivity index (χ2n) is 4.65. The highest BCUT2D eigenvalue weighted by molar-refractivity contribution is 6.35. The summed E-state index contributed by atoms with van der Waals surface area (Å²) in [5.41, 5.74) is 0.225. The molecule has 0 spiro atoms. The molecule has 4 amide bonds. The molecule has 0 aromatic heterocycles. The number of nitrogens with zero attached hydrogens (tertiary/aromatic N) is 1. The highest BCUT2D eigenvalue weighted by atomic mass is 35.5. The van der Waals surface area contributed by atoms with Crippen molar-refractivity contribution in [2.24, 2.45) is 0 Å². The number of rotatable bonds is 4. The van der Waals surface area contributed by atoms with E-state index in [-0.39, 0.29) is 21.8 Å². The molecule has 0 bridgehead atoms. The van der Waals surface area contributed by atoms with Gasteiger partial charge in [0.25, 0.3) is 0 Å². The molecule has 0 saturated carbocycles. The van der Waals surface area contributed by atoms with E-state index in [4.69, 9.17) is 23.2 Å². The molecule has 0 radical (unpaired) electrons. The van der Waals surface area contributed by atoms with Gasteiger partial charge < -0.3 is 20.5 Å². The highest BCUT2D eigenvalue weighted by Gasteiger charge is 2.22. The van der Waals surface area contributed by atoms with Crippen molar-refractivity contribution in [1.29, 1.82) is 0 Å². The average molecular weight is 347 g/mol. The molecule has 1 aromatic rings. The standard InChI is InChI=1S/C13H15Cl2N3O4/c1-7(2)16-12(21)18(6-11(19)20)13(22)17-10-4-8(14)3-9(15)5-10/h3-5,7H,6H2,1-2H3,(H,16,21)(H,17,22)(H,19,20)/p-1. The third kappa shape index (κ3) is 5.79. The van der Waals surface area contributed by atoms with E-state index in [0.717, 1.165) is 0 Å². The molecule has 0 fully saturated rings. The molecular formula is C13H14Cl2N3O4-. The van der Waals surface area contributed by atoms with Gasteiger partial charge in [0.2, 0.25) is 0 Å². The smallest absolute Gasteiger partial charge is 0.330 e. The molecule has 120 valence electrons. The van der Waals surface area contributed by atoms with Gasteiger partial charge in [0.05, 0.1) is 12.5 Å². The number of halogens is 2. The molecule has 0 atom stereocenters. The summed E-state index contributed by atoms with van der Waals surface area (Å²) < 4.78 is 0. The third-order valence-electron chi connectivity index (χ3n) is 2.30. The first-order valence-corrected chi connectivity index (χ1v) is 6.99. The van der Waals surface area contributed by atoms with Crippen LogP contribution in [0, 0.1) is 0 Å². The van der Waals surface area contributed by atoms with Gasteiger partial charge in [-0.25, -0.2) is 14.5 Å². The van der Waals surface area contributed by atoms with Crippen LogP contribution >= 0.6 is 23.2 Å². The van der Waals surface area contributed by atoms with Gasteiger partial charge in [0.1, 0.15) is 0 Å². The zero-order valence-electron chi connectivity index (χ0n) is 11.9. The minimum absolute atomic E-state index is 0.225. The minimum atomic E-state index is -1.57. The lowest BCUT2D eigenvalue weighted by Gasteiger charge is -2.23. The Kier molecular flexibility index (Phi) is 6.45. The van der Waals surface area contributed by atoms with Crippen LogP contribution in [0.4, 0.5) is 15.3 Å². The maximum absolute atomic E-state index is 12.1. The number of carboxylic acids is 1. The Hall–Kier alpha value is -1.99. The maximum Gasteiger partial charge on any atom is 0.330 e. The molecule has 0 aliphatic rings. The van der Waals surface area contributed by atoms with Gasteiger partial charge in [-0.05, 0) is 32.0 Å². The van der Waals surface area contributed by atoms with Crippen molar-refractivity contribution in [2.75, 3.05) is 11.9 Å². The number of hydrogen-bond donors (Lipinski definition) is 2. The van der Waals surface area contributed by atoms with E-state index < -0.39 is 24.6 Å². The van der Waals surface area contributed by atoms with E-state index in [1.165, 1.54) is 18.2 Å². The summed E-state index contributed by atoms with van der Waals surface area (Å²) in [7, 11) is 0. The summed E-state index contributed by atoms with van der Waals surface area (Å²) in [4.78, 5) is 35.1. The number of nitrogens with one attached hydrogen (secondary N) is 2. The molecule has 9 heteroatoms. The fourth-order valence-corrected chi connectivity index (χ4v) is 2.03. The number of urea groups is 2. The molecular weight excluding hydrogens is 333 g/mol. The van der Waals surface area contributed by atoms with Crippen LogP contribution in [-0.4, -0.2) is 35.5 Å². The van der Waals surface area contributed by atoms with Crippen molar-refractivity contribution in [1.82, 2.24) is 10.2 Å². The first-order valence-electron chi connectivity index (χ1n) is 6.24. The molecule has 1 aromatic carbocycles. The fraction of sp³-hybridized carbons (Fsp3) is 0.308. The van der Waals surface area contributed by atoms with Gasteiger partial charge in [-0.2, -0.15) is 0 Å². The van der Waals surface area contributed by atoms with Crippen molar-refractivity contribution in [3.63, 3.8) is 0 Å². The second kappa shape index (κ2) is 7.86. The predicted octanol–water partition coefficient (Wildman–Crippen LogP) is 1.70. The predicted molar refractivity (Wildman–Crippen MR) is 80.9 cm³/mol. The highest BCUT2D eigenvalue weighted by Crippen LogP contribution is 2.22. The van der Waals surface area contributed by atoms with Gasteiger partial charge in [-0.3, -0.25) is 0 Å². The first kappa shape index (κ1) is 18.1. The van der Waals surface area contributed by atoms with Gasteiger partial charge >= 0.3 is 12.1 Å². The van der Waals surface area contributed by atoms with Crippen molar-refractivity contribution >= 4 is 46.9 Å². The Balaban J connectivity index is 2.91. The number of anilines is 1.